The molecule has 0 saturated carbocycles. The van der Waals surface area contributed by atoms with Crippen molar-refractivity contribution in [2.24, 2.45) is 5.41 Å². The van der Waals surface area contributed by atoms with E-state index in [-0.39, 0.29) is 37.3 Å². The minimum atomic E-state index is -0.117. The van der Waals surface area contributed by atoms with Crippen LogP contribution in [-0.4, -0.2) is 14.5 Å². The van der Waals surface area contributed by atoms with Crippen LogP contribution >= 0.6 is 0 Å². The number of rotatable bonds is 6. The summed E-state index contributed by atoms with van der Waals surface area (Å²) in [7, 11) is 0. The molecule has 6 heteroatoms. The molecule has 0 N–H and O–H groups in total. The molecule has 0 atom stereocenters. The number of hydrogen-bond acceptors (Lipinski definition) is 4. The summed E-state index contributed by atoms with van der Waals surface area (Å²) in [5.74, 6) is 1.75. The van der Waals surface area contributed by atoms with Gasteiger partial charge in [0.1, 0.15) is 17.2 Å². The van der Waals surface area contributed by atoms with Crippen molar-refractivity contribution < 1.29 is 29.9 Å². The van der Waals surface area contributed by atoms with E-state index in [1.807, 2.05) is 24.4 Å². The largest absolute Gasteiger partial charge is 2.00 e. The van der Waals surface area contributed by atoms with Crippen LogP contribution in [0.4, 0.5) is 0 Å². The molecule has 0 aliphatic heterocycles. The topological polar surface area (TPSA) is 57.0 Å². The molecule has 5 aromatic heterocycles. The van der Waals surface area contributed by atoms with Gasteiger partial charge in [0.05, 0.1) is 5.52 Å². The number of fused-ring (bicyclic) bond motifs is 4. The van der Waals surface area contributed by atoms with Crippen LogP contribution in [0.15, 0.2) is 130 Å². The zero-order chi connectivity index (χ0) is 40.6. The van der Waals surface area contributed by atoms with Gasteiger partial charge in [-0.15, -0.1) is 29.8 Å². The van der Waals surface area contributed by atoms with E-state index in [1.165, 1.54) is 11.1 Å². The molecule has 0 fully saturated rings. The fourth-order valence-corrected chi connectivity index (χ4v) is 7.78. The molecule has 4 aromatic carbocycles. The number of hydrogen-bond donors (Lipinski definition) is 0. The molecule has 0 radical (unpaired) electrons. The summed E-state index contributed by atoms with van der Waals surface area (Å²) in [5, 5.41) is 2.27. The molecule has 0 unspecified atom stereocenters. The van der Waals surface area contributed by atoms with Gasteiger partial charge >= 0.3 is 21.1 Å². The minimum Gasteiger partial charge on any atom is -0.457 e. The average Bonchev–Trinajstić information content (AvgIpc) is 3.86. The van der Waals surface area contributed by atoms with Gasteiger partial charge in [-0.1, -0.05) is 140 Å². The smallest absolute Gasteiger partial charge is 0.457 e. The second-order valence-electron chi connectivity index (χ2n) is 18.9. The maximum Gasteiger partial charge on any atom is 2.00 e. The fourth-order valence-electron chi connectivity index (χ4n) is 7.78. The van der Waals surface area contributed by atoms with Crippen molar-refractivity contribution in [1.29, 1.82) is 0 Å². The van der Waals surface area contributed by atoms with E-state index in [2.05, 4.69) is 176 Å². The molecular formula is C53H49N3O2Pt. The number of pyridine rings is 2. The van der Waals surface area contributed by atoms with E-state index < -0.39 is 0 Å². The van der Waals surface area contributed by atoms with Gasteiger partial charge in [-0.25, -0.2) is 0 Å². The molecule has 59 heavy (non-hydrogen) atoms. The van der Waals surface area contributed by atoms with Crippen LogP contribution in [0.2, 0.25) is 0 Å². The minimum absolute atomic E-state index is 0. The molecule has 5 heterocycles. The summed E-state index contributed by atoms with van der Waals surface area (Å²) in [4.78, 5) is 10.3. The average molecular weight is 955 g/mol. The molecule has 0 aliphatic carbocycles. The Morgan fingerprint density at radius 1 is 0.610 bits per heavy atom. The Bertz CT molecular complexity index is 2950. The normalized spacial score (nSPS) is 12.4. The van der Waals surface area contributed by atoms with Crippen molar-refractivity contribution in [3.05, 3.63) is 150 Å². The first-order valence-corrected chi connectivity index (χ1v) is 20.2. The molecule has 9 rings (SSSR count). The van der Waals surface area contributed by atoms with Crippen LogP contribution in [-0.2, 0) is 38.3 Å². The number of para-hydroxylation sites is 1. The quantitative estimate of drug-likeness (QED) is 0.156. The van der Waals surface area contributed by atoms with Gasteiger partial charge in [0, 0.05) is 52.5 Å². The third-order valence-corrected chi connectivity index (χ3v) is 10.9. The first kappa shape index (κ1) is 40.3. The zero-order valence-corrected chi connectivity index (χ0v) is 37.5. The van der Waals surface area contributed by atoms with Crippen LogP contribution < -0.4 is 0 Å². The van der Waals surface area contributed by atoms with Crippen molar-refractivity contribution in [3.8, 4) is 50.7 Å². The maximum atomic E-state index is 6.23. The second-order valence-corrected chi connectivity index (χ2v) is 18.9. The molecule has 0 bridgehead atoms. The molecule has 5 nitrogen and oxygen atoms in total. The van der Waals surface area contributed by atoms with Gasteiger partial charge in [0.15, 0.2) is 11.2 Å². The summed E-state index contributed by atoms with van der Waals surface area (Å²) in [5.41, 5.74) is 13.8. The van der Waals surface area contributed by atoms with E-state index in [4.69, 9.17) is 18.8 Å². The summed E-state index contributed by atoms with van der Waals surface area (Å²) >= 11 is 0. The number of benzene rings is 4. The summed E-state index contributed by atoms with van der Waals surface area (Å²) in [6, 6.07) is 47.7. The predicted octanol–water partition coefficient (Wildman–Crippen LogP) is 14.4. The Morgan fingerprint density at radius 3 is 2.02 bits per heavy atom. The van der Waals surface area contributed by atoms with E-state index in [9.17, 15) is 0 Å². The second kappa shape index (κ2) is 14.9. The van der Waals surface area contributed by atoms with E-state index in [0.29, 0.717) is 0 Å². The zero-order valence-electron chi connectivity index (χ0n) is 35.2. The van der Waals surface area contributed by atoms with Crippen molar-refractivity contribution in [2.45, 2.75) is 79.6 Å². The monoisotopic (exact) mass is 954 g/mol. The number of nitrogens with zero attached hydrogens (tertiary/aromatic N) is 3. The summed E-state index contributed by atoms with van der Waals surface area (Å²) in [6.07, 6.45) is 2.75. The van der Waals surface area contributed by atoms with Crippen LogP contribution in [0.1, 0.15) is 79.2 Å². The van der Waals surface area contributed by atoms with E-state index >= 15 is 0 Å². The number of furan rings is 2. The summed E-state index contributed by atoms with van der Waals surface area (Å²) < 4.78 is 14.6. The number of aromatic nitrogens is 3. The van der Waals surface area contributed by atoms with Crippen LogP contribution in [0.25, 0.3) is 83.8 Å². The van der Waals surface area contributed by atoms with Crippen molar-refractivity contribution in [1.82, 2.24) is 14.5 Å². The first-order valence-electron chi connectivity index (χ1n) is 20.2. The van der Waals surface area contributed by atoms with Crippen molar-refractivity contribution >= 4 is 33.1 Å². The molecular weight excluding hydrogens is 906 g/mol. The van der Waals surface area contributed by atoms with Gasteiger partial charge in [0.2, 0.25) is 0 Å². The summed E-state index contributed by atoms with van der Waals surface area (Å²) in [6.45, 7) is 20.1. The molecule has 0 saturated heterocycles. The Balaban J connectivity index is 0.00000484. The SMILES string of the molecule is CC(C)(C)Cc1cc2oc(-c3ccc(-c4ccnc(-c5[c-]c(-c6ccc7c8ccccc8n(-c8[c-]ccc(C(C)(C)C)c8)c7n6)cc(C(C)(C)C)c5)c4)cc3)cc2o1.[Pt+2]. The molecule has 9 aromatic rings. The Kier molecular flexibility index (Phi) is 10.2. The Morgan fingerprint density at radius 2 is 1.31 bits per heavy atom. The van der Waals surface area contributed by atoms with Gasteiger partial charge in [-0.2, -0.15) is 23.8 Å². The van der Waals surface area contributed by atoms with E-state index in [0.717, 1.165) is 95.9 Å². The standard InChI is InChI=1S/C53H49N3O2.Pt/c1-51(2,3)32-41-30-48-49(57-41)31-47(58-48)34-19-17-33(18-20-34)35-23-24-54-45(28-35)37-25-36(26-39(27-37)53(7,8)9)44-22-21-43-42-15-10-11-16-46(42)56(50(43)55-44)40-14-12-13-38(29-40)52(4,5)6;/h10-13,15-24,26-31H,32H2,1-9H3;/q-2;+2. The van der Waals surface area contributed by atoms with Gasteiger partial charge in [-0.05, 0) is 39.5 Å². The fraction of sp³-hybridized carbons (Fsp3) is 0.245. The Hall–Kier alpha value is -5.51. The van der Waals surface area contributed by atoms with Crippen LogP contribution in [0.3, 0.4) is 0 Å². The van der Waals surface area contributed by atoms with Gasteiger partial charge in [-0.3, -0.25) is 9.97 Å². The van der Waals surface area contributed by atoms with Crippen molar-refractivity contribution in [2.75, 3.05) is 0 Å². The first-order chi connectivity index (χ1) is 27.6. The molecule has 0 spiro atoms. The third-order valence-electron chi connectivity index (χ3n) is 10.9. The van der Waals surface area contributed by atoms with Gasteiger partial charge < -0.3 is 13.4 Å². The van der Waals surface area contributed by atoms with Gasteiger partial charge in [0.25, 0.3) is 0 Å². The molecule has 0 amide bonds. The van der Waals surface area contributed by atoms with Crippen LogP contribution in [0.5, 0.6) is 0 Å². The molecule has 298 valence electrons. The van der Waals surface area contributed by atoms with Crippen LogP contribution in [0, 0.1) is 17.5 Å². The Labute approximate surface area is 361 Å². The predicted molar refractivity (Wildman–Crippen MR) is 238 cm³/mol. The molecule has 0 aliphatic rings. The van der Waals surface area contributed by atoms with E-state index in [1.54, 1.807) is 0 Å². The van der Waals surface area contributed by atoms with Crippen molar-refractivity contribution in [3.63, 3.8) is 0 Å². The third kappa shape index (κ3) is 7.98. The maximum absolute atomic E-state index is 6.23.